The molecule has 2 rings (SSSR count). The molecule has 0 spiro atoms. The van der Waals surface area contributed by atoms with Crippen LogP contribution in [0.4, 0.5) is 4.39 Å². The van der Waals surface area contributed by atoms with E-state index in [4.69, 9.17) is 0 Å². The highest BCUT2D eigenvalue weighted by atomic mass is 32.2. The minimum atomic E-state index is -3.69. The first-order chi connectivity index (χ1) is 9.55. The van der Waals surface area contributed by atoms with Crippen LogP contribution in [0.1, 0.15) is 19.3 Å². The Balaban J connectivity index is 2.04. The maximum atomic E-state index is 13.7. The zero-order chi connectivity index (χ0) is 14.6. The molecule has 1 heterocycles. The second kappa shape index (κ2) is 6.65. The van der Waals surface area contributed by atoms with Gasteiger partial charge in [0.05, 0.1) is 0 Å². The largest absolute Gasteiger partial charge is 0.320 e. The quantitative estimate of drug-likeness (QED) is 0.902. The van der Waals surface area contributed by atoms with Gasteiger partial charge in [-0.1, -0.05) is 12.1 Å². The van der Waals surface area contributed by atoms with Crippen LogP contribution in [-0.2, 0) is 10.0 Å². The molecule has 1 aromatic carbocycles. The molecule has 1 aromatic rings. The summed E-state index contributed by atoms with van der Waals surface area (Å²) in [4.78, 5) is -0.214. The summed E-state index contributed by atoms with van der Waals surface area (Å²) in [5.41, 5.74) is 0. The number of hydrogen-bond donors (Lipinski definition) is 1. The molecule has 1 N–H and O–H groups in total. The standard InChI is InChI=1S/C14H21FN2O2S/c1-16-9-6-12-7-10-17(11-8-12)20(18,19)14-5-3-2-4-13(14)15/h2-5,12,16H,6-11H2,1H3. The topological polar surface area (TPSA) is 49.4 Å². The fourth-order valence-electron chi connectivity index (χ4n) is 2.58. The van der Waals surface area contributed by atoms with Gasteiger partial charge in [-0.2, -0.15) is 4.31 Å². The first-order valence-corrected chi connectivity index (χ1v) is 8.39. The molecular formula is C14H21FN2O2S. The van der Waals surface area contributed by atoms with Crippen LogP contribution in [0.2, 0.25) is 0 Å². The van der Waals surface area contributed by atoms with Gasteiger partial charge in [-0.3, -0.25) is 0 Å². The van der Waals surface area contributed by atoms with Crippen molar-refractivity contribution < 1.29 is 12.8 Å². The van der Waals surface area contributed by atoms with Crippen LogP contribution in [-0.4, -0.2) is 39.4 Å². The molecule has 0 atom stereocenters. The lowest BCUT2D eigenvalue weighted by Gasteiger charge is -2.31. The minimum Gasteiger partial charge on any atom is -0.320 e. The van der Waals surface area contributed by atoms with Gasteiger partial charge < -0.3 is 5.32 Å². The summed E-state index contributed by atoms with van der Waals surface area (Å²) in [6.07, 6.45) is 2.74. The van der Waals surface area contributed by atoms with Gasteiger partial charge in [-0.25, -0.2) is 12.8 Å². The highest BCUT2D eigenvalue weighted by molar-refractivity contribution is 7.89. The number of nitrogens with zero attached hydrogens (tertiary/aromatic N) is 1. The predicted molar refractivity (Wildman–Crippen MR) is 76.4 cm³/mol. The van der Waals surface area contributed by atoms with Gasteiger partial charge in [-0.05, 0) is 50.9 Å². The van der Waals surface area contributed by atoms with Crippen LogP contribution in [0, 0.1) is 11.7 Å². The summed E-state index contributed by atoms with van der Waals surface area (Å²) < 4.78 is 39.9. The Labute approximate surface area is 120 Å². The average Bonchev–Trinajstić information content (AvgIpc) is 2.46. The highest BCUT2D eigenvalue weighted by Gasteiger charge is 2.30. The number of rotatable bonds is 5. The molecule has 0 aromatic heterocycles. The lowest BCUT2D eigenvalue weighted by atomic mass is 9.95. The summed E-state index contributed by atoms with van der Waals surface area (Å²) in [5.74, 6) is -0.126. The maximum absolute atomic E-state index is 13.7. The molecule has 1 aliphatic rings. The number of hydrogen-bond acceptors (Lipinski definition) is 3. The van der Waals surface area contributed by atoms with Gasteiger partial charge >= 0.3 is 0 Å². The van der Waals surface area contributed by atoms with Crippen molar-refractivity contribution in [1.82, 2.24) is 9.62 Å². The second-order valence-electron chi connectivity index (χ2n) is 5.17. The molecule has 4 nitrogen and oxygen atoms in total. The van der Waals surface area contributed by atoms with E-state index in [0.29, 0.717) is 19.0 Å². The van der Waals surface area contributed by atoms with Gasteiger partial charge in [0.25, 0.3) is 0 Å². The van der Waals surface area contributed by atoms with Crippen molar-refractivity contribution in [2.75, 3.05) is 26.7 Å². The Hall–Kier alpha value is -0.980. The van der Waals surface area contributed by atoms with Gasteiger partial charge in [0, 0.05) is 13.1 Å². The van der Waals surface area contributed by atoms with E-state index < -0.39 is 15.8 Å². The van der Waals surface area contributed by atoms with E-state index in [0.717, 1.165) is 25.8 Å². The molecule has 112 valence electrons. The maximum Gasteiger partial charge on any atom is 0.245 e. The van der Waals surface area contributed by atoms with E-state index in [1.54, 1.807) is 6.07 Å². The summed E-state index contributed by atoms with van der Waals surface area (Å²) >= 11 is 0. The molecule has 0 amide bonds. The first kappa shape index (κ1) is 15.4. The van der Waals surface area contributed by atoms with Crippen LogP contribution >= 0.6 is 0 Å². The van der Waals surface area contributed by atoms with Gasteiger partial charge in [-0.15, -0.1) is 0 Å². The van der Waals surface area contributed by atoms with E-state index in [1.165, 1.54) is 22.5 Å². The van der Waals surface area contributed by atoms with E-state index in [9.17, 15) is 12.8 Å². The Morgan fingerprint density at radius 2 is 1.95 bits per heavy atom. The zero-order valence-corrected chi connectivity index (χ0v) is 12.5. The average molecular weight is 300 g/mol. The summed E-state index contributed by atoms with van der Waals surface area (Å²) in [6.45, 7) is 1.90. The van der Waals surface area contributed by atoms with Crippen molar-refractivity contribution in [2.24, 2.45) is 5.92 Å². The van der Waals surface area contributed by atoms with Crippen molar-refractivity contribution in [2.45, 2.75) is 24.2 Å². The van der Waals surface area contributed by atoms with E-state index >= 15 is 0 Å². The predicted octanol–water partition coefficient (Wildman–Crippen LogP) is 1.84. The Morgan fingerprint density at radius 3 is 2.55 bits per heavy atom. The van der Waals surface area contributed by atoms with E-state index in [1.807, 2.05) is 7.05 Å². The van der Waals surface area contributed by atoms with Crippen LogP contribution in [0.15, 0.2) is 29.2 Å². The minimum absolute atomic E-state index is 0.214. The van der Waals surface area contributed by atoms with Crippen molar-refractivity contribution in [3.8, 4) is 0 Å². The molecule has 0 radical (unpaired) electrons. The van der Waals surface area contributed by atoms with Crippen molar-refractivity contribution in [1.29, 1.82) is 0 Å². The van der Waals surface area contributed by atoms with Gasteiger partial charge in [0.2, 0.25) is 10.0 Å². The Kier molecular flexibility index (Phi) is 5.12. The fourth-order valence-corrected chi connectivity index (χ4v) is 4.11. The number of nitrogens with one attached hydrogen (secondary N) is 1. The molecule has 1 fully saturated rings. The summed E-state index contributed by atoms with van der Waals surface area (Å²) in [5, 5.41) is 3.11. The molecule has 0 aliphatic carbocycles. The summed E-state index contributed by atoms with van der Waals surface area (Å²) in [7, 11) is -1.78. The van der Waals surface area contributed by atoms with Crippen LogP contribution in [0.3, 0.4) is 0 Å². The van der Waals surface area contributed by atoms with Crippen LogP contribution < -0.4 is 5.32 Å². The molecule has 20 heavy (non-hydrogen) atoms. The summed E-state index contributed by atoms with van der Waals surface area (Å²) in [6, 6.07) is 5.57. The molecule has 1 aliphatic heterocycles. The molecule has 0 bridgehead atoms. The third-order valence-corrected chi connectivity index (χ3v) is 5.76. The van der Waals surface area contributed by atoms with E-state index in [2.05, 4.69) is 5.32 Å². The third-order valence-electron chi connectivity index (χ3n) is 3.83. The first-order valence-electron chi connectivity index (χ1n) is 6.95. The van der Waals surface area contributed by atoms with Crippen molar-refractivity contribution >= 4 is 10.0 Å². The molecule has 0 unspecified atom stereocenters. The number of benzene rings is 1. The molecule has 0 saturated carbocycles. The lowest BCUT2D eigenvalue weighted by molar-refractivity contribution is 0.262. The SMILES string of the molecule is CNCCC1CCN(S(=O)(=O)c2ccccc2F)CC1. The van der Waals surface area contributed by atoms with Gasteiger partial charge in [0.15, 0.2) is 0 Å². The second-order valence-corrected chi connectivity index (χ2v) is 7.08. The Bertz CT molecular complexity index is 540. The normalized spacial score (nSPS) is 18.3. The van der Waals surface area contributed by atoms with Gasteiger partial charge in [0.1, 0.15) is 10.7 Å². The lowest BCUT2D eigenvalue weighted by Crippen LogP contribution is -2.39. The van der Waals surface area contributed by atoms with Crippen molar-refractivity contribution in [3.05, 3.63) is 30.1 Å². The van der Waals surface area contributed by atoms with Crippen molar-refractivity contribution in [3.63, 3.8) is 0 Å². The Morgan fingerprint density at radius 1 is 1.30 bits per heavy atom. The molecular weight excluding hydrogens is 279 g/mol. The van der Waals surface area contributed by atoms with Crippen LogP contribution in [0.25, 0.3) is 0 Å². The fraction of sp³-hybridized carbons (Fsp3) is 0.571. The zero-order valence-electron chi connectivity index (χ0n) is 11.7. The number of halogens is 1. The number of sulfonamides is 1. The van der Waals surface area contributed by atoms with Crippen LogP contribution in [0.5, 0.6) is 0 Å². The molecule has 1 saturated heterocycles. The smallest absolute Gasteiger partial charge is 0.245 e. The number of piperidine rings is 1. The van der Waals surface area contributed by atoms with E-state index in [-0.39, 0.29) is 4.90 Å². The molecule has 6 heteroatoms. The third kappa shape index (κ3) is 3.37. The monoisotopic (exact) mass is 300 g/mol. The highest BCUT2D eigenvalue weighted by Crippen LogP contribution is 2.26.